The molecule has 2 aromatic carbocycles. The number of hydrogen-bond donors (Lipinski definition) is 0. The molecule has 0 saturated heterocycles. The summed E-state index contributed by atoms with van der Waals surface area (Å²) < 4.78 is 14.1. The molecule has 0 spiro atoms. The molecule has 9 nitrogen and oxygen atoms in total. The highest BCUT2D eigenvalue weighted by atomic mass is 32.1. The first kappa shape index (κ1) is 62.4. The molecule has 0 fully saturated rings. The standard InChI is InChI=1S/C18H28N2.C16H24N2O.C16H24N2S.C15H22N2S/c1-11-12(2)20-16-14(18(6,7)8)10-9-13(15(16)19-11)17(3,4)5;1-9-10(2)12(16(6,7)8)14-13(17-19-18-14)11(9)15(3,4)5;1-9-10(2)18-12-11(17-9)13(15(3,4)5)19-14(12)16(6,7)8;1-9-8-10(14(2,3)4)12-13(17-18-16-12)11(9)15(5,6)7/h9-10H2,1-8H3;2*1-8H3;8H,1-7H3. The van der Waals surface area contributed by atoms with E-state index in [-0.39, 0.29) is 43.3 Å². The zero-order valence-corrected chi connectivity index (χ0v) is 54.9. The van der Waals surface area contributed by atoms with Gasteiger partial charge in [-0.2, -0.15) is 8.75 Å². The van der Waals surface area contributed by atoms with Gasteiger partial charge in [-0.05, 0) is 165 Å². The van der Waals surface area contributed by atoms with Crippen molar-refractivity contribution in [2.24, 2.45) is 10.8 Å². The van der Waals surface area contributed by atoms with E-state index in [0.29, 0.717) is 0 Å². The third kappa shape index (κ3) is 13.3. The number of nitrogens with zero attached hydrogens (tertiary/aromatic N) is 8. The molecule has 0 amide bonds. The van der Waals surface area contributed by atoms with E-state index < -0.39 is 0 Å². The topological polar surface area (TPSA) is 116 Å². The van der Waals surface area contributed by atoms with Crippen molar-refractivity contribution in [3.8, 4) is 0 Å². The van der Waals surface area contributed by atoms with Crippen LogP contribution < -0.4 is 10.7 Å². The first-order valence-corrected chi connectivity index (χ1v) is 29.2. The molecular formula is C65H98N8OS2. The Morgan fingerprint density at radius 1 is 0.368 bits per heavy atom. The van der Waals surface area contributed by atoms with Crippen LogP contribution in [-0.4, -0.2) is 39.0 Å². The molecule has 0 aliphatic heterocycles. The SMILES string of the molecule is Cc1c(C)c(C(C)(C)C)c2nonc2c1C(C)(C)C.Cc1cc(C(C)(C)C)c2nsnc2c1C(C)(C)C.Cc1nc2c(C(C)(C)C)sc(C(C)(C)C)c2nc1C.Cc1nc2c(nc1C)=C(C(C)(C)C)CCC=2C(C)(C)C. The Morgan fingerprint density at radius 2 is 0.711 bits per heavy atom. The van der Waals surface area contributed by atoms with E-state index in [1.807, 2.05) is 25.2 Å². The van der Waals surface area contributed by atoms with Crippen molar-refractivity contribution in [2.45, 2.75) is 260 Å². The van der Waals surface area contributed by atoms with Crippen molar-refractivity contribution in [3.05, 3.63) is 88.2 Å². The van der Waals surface area contributed by atoms with Crippen LogP contribution in [0.25, 0.3) is 44.2 Å². The number of rotatable bonds is 0. The molecule has 76 heavy (non-hydrogen) atoms. The van der Waals surface area contributed by atoms with Gasteiger partial charge in [0.2, 0.25) is 0 Å². The highest BCUT2D eigenvalue weighted by Crippen LogP contribution is 2.44. The number of hydrogen-bond acceptors (Lipinski definition) is 11. The van der Waals surface area contributed by atoms with Gasteiger partial charge in [0.25, 0.3) is 0 Å². The summed E-state index contributed by atoms with van der Waals surface area (Å²) in [6.07, 6.45) is 2.22. The molecule has 1 aliphatic rings. The highest BCUT2D eigenvalue weighted by Gasteiger charge is 2.33. The second-order valence-electron chi connectivity index (χ2n) is 29.9. The molecule has 1 aliphatic carbocycles. The lowest BCUT2D eigenvalue weighted by Gasteiger charge is -2.31. The number of aromatic nitrogens is 8. The molecule has 0 N–H and O–H groups in total. The van der Waals surface area contributed by atoms with E-state index in [4.69, 9.17) is 24.6 Å². The summed E-state index contributed by atoms with van der Waals surface area (Å²) in [7, 11) is 0. The minimum absolute atomic E-state index is 0.0298. The normalized spacial score (nSPS) is 14.1. The molecule has 5 heterocycles. The van der Waals surface area contributed by atoms with Gasteiger partial charge in [0.15, 0.2) is 0 Å². The summed E-state index contributed by atoms with van der Waals surface area (Å²) in [5.74, 6) is 0. The van der Waals surface area contributed by atoms with Gasteiger partial charge in [-0.3, -0.25) is 0 Å². The lowest BCUT2D eigenvalue weighted by molar-refractivity contribution is 0.314. The first-order valence-electron chi connectivity index (χ1n) is 27.6. The van der Waals surface area contributed by atoms with Gasteiger partial charge in [-0.1, -0.05) is 172 Å². The molecule has 416 valence electrons. The third-order valence-corrected chi connectivity index (χ3v) is 17.2. The molecule has 7 aromatic rings. The van der Waals surface area contributed by atoms with Crippen molar-refractivity contribution in [3.63, 3.8) is 0 Å². The van der Waals surface area contributed by atoms with E-state index in [1.165, 1.54) is 71.6 Å². The molecular weight excluding hydrogens is 973 g/mol. The lowest BCUT2D eigenvalue weighted by Crippen LogP contribution is -2.43. The second-order valence-corrected chi connectivity index (χ2v) is 31.5. The zero-order chi connectivity index (χ0) is 58.2. The summed E-state index contributed by atoms with van der Waals surface area (Å²) in [5, 5.41) is 10.6. The van der Waals surface area contributed by atoms with Crippen molar-refractivity contribution in [2.75, 3.05) is 0 Å². The molecule has 0 unspecified atom stereocenters. The maximum atomic E-state index is 5.05. The number of thiophene rings is 1. The molecule has 0 radical (unpaired) electrons. The molecule has 0 bridgehead atoms. The van der Waals surface area contributed by atoms with Gasteiger partial charge in [0.05, 0.1) is 45.2 Å². The second kappa shape index (κ2) is 21.3. The van der Waals surface area contributed by atoms with E-state index in [1.54, 1.807) is 0 Å². The van der Waals surface area contributed by atoms with Crippen LogP contribution in [-0.2, 0) is 32.5 Å². The van der Waals surface area contributed by atoms with Gasteiger partial charge in [0, 0.05) is 9.75 Å². The van der Waals surface area contributed by atoms with E-state index >= 15 is 0 Å². The van der Waals surface area contributed by atoms with Crippen LogP contribution in [0.2, 0.25) is 0 Å². The third-order valence-electron chi connectivity index (χ3n) is 14.7. The monoisotopic (exact) mass is 1070 g/mol. The fraction of sp³-hybridized carbons (Fsp3) is 0.631. The first-order chi connectivity index (χ1) is 34.2. The van der Waals surface area contributed by atoms with Crippen LogP contribution in [0.4, 0.5) is 0 Å². The van der Waals surface area contributed by atoms with E-state index in [2.05, 4.69) is 226 Å². The van der Waals surface area contributed by atoms with Crippen molar-refractivity contribution in [1.29, 1.82) is 0 Å². The van der Waals surface area contributed by atoms with Gasteiger partial charge in [-0.15, -0.1) is 11.3 Å². The Labute approximate surface area is 467 Å². The predicted octanol–water partition coefficient (Wildman–Crippen LogP) is 17.2. The van der Waals surface area contributed by atoms with Crippen LogP contribution in [0.5, 0.6) is 0 Å². The summed E-state index contributed by atoms with van der Waals surface area (Å²) in [6, 6.07) is 2.30. The average Bonchev–Trinajstić information content (AvgIpc) is 3.98. The maximum Gasteiger partial charge on any atom is 0.139 e. The summed E-state index contributed by atoms with van der Waals surface area (Å²) in [5.41, 5.74) is 23.2. The largest absolute Gasteiger partial charge is 0.250 e. The molecule has 0 saturated carbocycles. The lowest BCUT2D eigenvalue weighted by atomic mass is 9.75. The van der Waals surface area contributed by atoms with E-state index in [9.17, 15) is 0 Å². The quantitative estimate of drug-likeness (QED) is 0.146. The summed E-state index contributed by atoms with van der Waals surface area (Å²) in [6.45, 7) is 68.6. The van der Waals surface area contributed by atoms with Crippen LogP contribution in [0.3, 0.4) is 0 Å². The Balaban J connectivity index is 0.000000187. The summed E-state index contributed by atoms with van der Waals surface area (Å²) in [4.78, 5) is 22.2. The summed E-state index contributed by atoms with van der Waals surface area (Å²) >= 11 is 3.20. The molecule has 0 atom stereocenters. The number of aryl methyl sites for hydroxylation is 5. The minimum atomic E-state index is 0.0298. The van der Waals surface area contributed by atoms with Crippen molar-refractivity contribution < 1.29 is 4.63 Å². The highest BCUT2D eigenvalue weighted by molar-refractivity contribution is 7.14. The molecule has 8 rings (SSSR count). The van der Waals surface area contributed by atoms with Crippen LogP contribution >= 0.6 is 23.1 Å². The number of benzene rings is 2. The van der Waals surface area contributed by atoms with Gasteiger partial charge >= 0.3 is 0 Å². The Kier molecular flexibility index (Phi) is 17.5. The smallest absolute Gasteiger partial charge is 0.139 e. The fourth-order valence-electron chi connectivity index (χ4n) is 10.8. The maximum absolute atomic E-state index is 5.05. The van der Waals surface area contributed by atoms with Crippen LogP contribution in [0.1, 0.15) is 250 Å². The Bertz CT molecular complexity index is 3230. The van der Waals surface area contributed by atoms with Gasteiger partial charge in [0.1, 0.15) is 33.1 Å². The van der Waals surface area contributed by atoms with Crippen LogP contribution in [0, 0.1) is 59.3 Å². The molecule has 5 aromatic heterocycles. The van der Waals surface area contributed by atoms with Crippen molar-refractivity contribution >= 4 is 67.3 Å². The Morgan fingerprint density at radius 3 is 1.03 bits per heavy atom. The minimum Gasteiger partial charge on any atom is -0.250 e. The van der Waals surface area contributed by atoms with Crippen LogP contribution in [0.15, 0.2) is 10.7 Å². The predicted molar refractivity (Wildman–Crippen MR) is 328 cm³/mol. The van der Waals surface area contributed by atoms with Gasteiger partial charge < -0.3 is 0 Å². The fourth-order valence-corrected chi connectivity index (χ4v) is 12.6. The van der Waals surface area contributed by atoms with Gasteiger partial charge in [-0.25, -0.2) is 24.6 Å². The zero-order valence-electron chi connectivity index (χ0n) is 53.3. The molecule has 11 heteroatoms. The Hall–Kier alpha value is -4.48. The van der Waals surface area contributed by atoms with E-state index in [0.717, 1.165) is 79.4 Å². The average molecular weight is 1070 g/mol. The number of fused-ring (bicyclic) bond motifs is 4. The van der Waals surface area contributed by atoms with Crippen molar-refractivity contribution in [1.82, 2.24) is 39.0 Å².